The second-order valence-corrected chi connectivity index (χ2v) is 7.33. The number of nitrogens with one attached hydrogen (secondary N) is 3. The molecule has 150 valence electrons. The molecule has 5 heteroatoms. The van der Waals surface area contributed by atoms with E-state index in [1.807, 2.05) is 61.5 Å². The summed E-state index contributed by atoms with van der Waals surface area (Å²) in [5, 5.41) is 6.84. The second kappa shape index (κ2) is 8.66. The molecule has 0 spiro atoms. The molecule has 30 heavy (non-hydrogen) atoms. The lowest BCUT2D eigenvalue weighted by Crippen LogP contribution is -2.34. The van der Waals surface area contributed by atoms with E-state index in [-0.39, 0.29) is 17.9 Å². The Kier molecular flexibility index (Phi) is 5.61. The first-order valence-corrected chi connectivity index (χ1v) is 9.93. The topological polar surface area (TPSA) is 74.0 Å². The van der Waals surface area contributed by atoms with Crippen molar-refractivity contribution in [3.05, 3.63) is 102 Å². The molecule has 3 aromatic carbocycles. The number of H-pyrrole nitrogens is 1. The summed E-state index contributed by atoms with van der Waals surface area (Å²) in [4.78, 5) is 28.7. The average molecular weight is 397 g/mol. The molecule has 0 aliphatic rings. The van der Waals surface area contributed by atoms with Crippen LogP contribution in [-0.4, -0.2) is 22.8 Å². The van der Waals surface area contributed by atoms with Crippen molar-refractivity contribution < 1.29 is 9.59 Å². The Labute approximate surface area is 175 Å². The van der Waals surface area contributed by atoms with Gasteiger partial charge in [-0.2, -0.15) is 0 Å². The first-order chi connectivity index (χ1) is 14.6. The van der Waals surface area contributed by atoms with Crippen molar-refractivity contribution in [1.82, 2.24) is 10.3 Å². The highest BCUT2D eigenvalue weighted by atomic mass is 16.2. The second-order valence-electron chi connectivity index (χ2n) is 7.33. The maximum atomic E-state index is 12.9. The molecule has 0 aliphatic heterocycles. The third-order valence-electron chi connectivity index (χ3n) is 4.96. The van der Waals surface area contributed by atoms with Gasteiger partial charge in [0.25, 0.3) is 11.8 Å². The summed E-state index contributed by atoms with van der Waals surface area (Å²) in [6.07, 6.45) is 0.732. The van der Waals surface area contributed by atoms with Crippen molar-refractivity contribution in [1.29, 1.82) is 0 Å². The molecule has 0 aliphatic carbocycles. The number of aromatic amines is 1. The zero-order chi connectivity index (χ0) is 20.9. The van der Waals surface area contributed by atoms with Gasteiger partial charge in [-0.15, -0.1) is 0 Å². The maximum Gasteiger partial charge on any atom is 0.272 e. The predicted octanol–water partition coefficient (Wildman–Crippen LogP) is 4.78. The Hall–Kier alpha value is -3.86. The van der Waals surface area contributed by atoms with Gasteiger partial charge in [-0.3, -0.25) is 9.59 Å². The molecule has 0 saturated heterocycles. The van der Waals surface area contributed by atoms with Crippen LogP contribution in [0, 0.1) is 0 Å². The number of hydrogen-bond acceptors (Lipinski definition) is 2. The van der Waals surface area contributed by atoms with E-state index in [9.17, 15) is 9.59 Å². The predicted molar refractivity (Wildman–Crippen MR) is 120 cm³/mol. The van der Waals surface area contributed by atoms with E-state index in [0.29, 0.717) is 16.9 Å². The summed E-state index contributed by atoms with van der Waals surface area (Å²) in [6.45, 7) is 1.97. The van der Waals surface area contributed by atoms with Crippen LogP contribution in [0.3, 0.4) is 0 Å². The lowest BCUT2D eigenvalue weighted by Gasteiger charge is -2.16. The molecular weight excluding hydrogens is 374 g/mol. The molecule has 3 N–H and O–H groups in total. The fourth-order valence-electron chi connectivity index (χ4n) is 3.50. The number of rotatable bonds is 6. The monoisotopic (exact) mass is 397 g/mol. The molecule has 5 nitrogen and oxygen atoms in total. The van der Waals surface area contributed by atoms with Crippen LogP contribution in [0.1, 0.15) is 33.3 Å². The normalized spacial score (nSPS) is 11.8. The van der Waals surface area contributed by atoms with Gasteiger partial charge in [0.05, 0.1) is 11.3 Å². The summed E-state index contributed by atoms with van der Waals surface area (Å²) in [5.41, 5.74) is 3.41. The van der Waals surface area contributed by atoms with Gasteiger partial charge in [0.15, 0.2) is 0 Å². The van der Waals surface area contributed by atoms with Crippen LogP contribution in [0.15, 0.2) is 84.9 Å². The van der Waals surface area contributed by atoms with Gasteiger partial charge in [-0.1, -0.05) is 60.7 Å². The molecule has 0 fully saturated rings. The highest BCUT2D eigenvalue weighted by Crippen LogP contribution is 2.19. The molecule has 1 unspecified atom stereocenters. The number of anilines is 1. The van der Waals surface area contributed by atoms with Crippen LogP contribution in [0.4, 0.5) is 5.69 Å². The van der Waals surface area contributed by atoms with E-state index in [1.165, 1.54) is 0 Å². The van der Waals surface area contributed by atoms with Crippen LogP contribution in [0.5, 0.6) is 0 Å². The molecule has 4 aromatic rings. The van der Waals surface area contributed by atoms with Crippen LogP contribution >= 0.6 is 0 Å². The van der Waals surface area contributed by atoms with Gasteiger partial charge in [0.2, 0.25) is 0 Å². The van der Waals surface area contributed by atoms with Gasteiger partial charge in [-0.25, -0.2) is 0 Å². The number of para-hydroxylation sites is 2. The Bertz CT molecular complexity index is 1150. The van der Waals surface area contributed by atoms with Crippen molar-refractivity contribution in [2.45, 2.75) is 19.4 Å². The van der Waals surface area contributed by atoms with Crippen LogP contribution in [0.25, 0.3) is 10.9 Å². The summed E-state index contributed by atoms with van der Waals surface area (Å²) in [6, 6.07) is 26.5. The first-order valence-electron chi connectivity index (χ1n) is 9.93. The van der Waals surface area contributed by atoms with E-state index < -0.39 is 0 Å². The van der Waals surface area contributed by atoms with Gasteiger partial charge in [0.1, 0.15) is 5.69 Å². The largest absolute Gasteiger partial charge is 0.351 e. The van der Waals surface area contributed by atoms with Crippen LogP contribution in [-0.2, 0) is 6.42 Å². The Morgan fingerprint density at radius 2 is 1.57 bits per heavy atom. The molecule has 0 radical (unpaired) electrons. The van der Waals surface area contributed by atoms with Gasteiger partial charge < -0.3 is 15.6 Å². The minimum atomic E-state index is -0.288. The number of amides is 2. The third kappa shape index (κ3) is 4.41. The number of fused-ring (bicyclic) bond motifs is 1. The molecule has 1 atom stereocenters. The lowest BCUT2D eigenvalue weighted by molar-refractivity contribution is 0.0941. The number of benzene rings is 3. The van der Waals surface area contributed by atoms with Crippen molar-refractivity contribution >= 4 is 28.4 Å². The van der Waals surface area contributed by atoms with E-state index in [0.717, 1.165) is 22.9 Å². The number of carbonyl (C=O) groups is 2. The standard InChI is InChI=1S/C25H23N3O2/c1-17(15-18-9-3-2-4-10-18)26-24(29)20-12-6-8-14-22(20)28-25(30)23-16-19-11-5-7-13-21(19)27-23/h2-14,16-17,27H,15H2,1H3,(H,26,29)(H,28,30). The summed E-state index contributed by atoms with van der Waals surface area (Å²) >= 11 is 0. The molecule has 0 saturated carbocycles. The fourth-order valence-corrected chi connectivity index (χ4v) is 3.50. The van der Waals surface area contributed by atoms with Crippen molar-refractivity contribution in [3.8, 4) is 0 Å². The maximum absolute atomic E-state index is 12.9. The Morgan fingerprint density at radius 1 is 0.867 bits per heavy atom. The molecule has 2 amide bonds. The van der Waals surface area contributed by atoms with Gasteiger partial charge in [0, 0.05) is 16.9 Å². The SMILES string of the molecule is CC(Cc1ccccc1)NC(=O)c1ccccc1NC(=O)c1cc2ccccc2[nH]1. The minimum absolute atomic E-state index is 0.0441. The molecular formula is C25H23N3O2. The zero-order valence-electron chi connectivity index (χ0n) is 16.7. The lowest BCUT2D eigenvalue weighted by atomic mass is 10.1. The Morgan fingerprint density at radius 3 is 2.37 bits per heavy atom. The van der Waals surface area contributed by atoms with Crippen LogP contribution < -0.4 is 10.6 Å². The molecule has 1 heterocycles. The highest BCUT2D eigenvalue weighted by Gasteiger charge is 2.17. The van der Waals surface area contributed by atoms with Crippen LogP contribution in [0.2, 0.25) is 0 Å². The molecule has 1 aromatic heterocycles. The zero-order valence-corrected chi connectivity index (χ0v) is 16.7. The summed E-state index contributed by atoms with van der Waals surface area (Å²) in [5.74, 6) is -0.505. The van der Waals surface area contributed by atoms with Crippen molar-refractivity contribution in [3.63, 3.8) is 0 Å². The summed E-state index contributed by atoms with van der Waals surface area (Å²) < 4.78 is 0. The quantitative estimate of drug-likeness (QED) is 0.438. The number of hydrogen-bond donors (Lipinski definition) is 3. The smallest absolute Gasteiger partial charge is 0.272 e. The summed E-state index contributed by atoms with van der Waals surface area (Å²) in [7, 11) is 0. The van der Waals surface area contributed by atoms with Crippen molar-refractivity contribution in [2.75, 3.05) is 5.32 Å². The average Bonchev–Trinajstić information content (AvgIpc) is 3.19. The minimum Gasteiger partial charge on any atom is -0.351 e. The van der Waals surface area contributed by atoms with E-state index in [4.69, 9.17) is 0 Å². The first kappa shape index (κ1) is 19.5. The van der Waals surface area contributed by atoms with E-state index in [1.54, 1.807) is 30.3 Å². The number of carbonyl (C=O) groups excluding carboxylic acids is 2. The fraction of sp³-hybridized carbons (Fsp3) is 0.120. The van der Waals surface area contributed by atoms with Gasteiger partial charge in [-0.05, 0) is 43.2 Å². The van der Waals surface area contributed by atoms with Crippen molar-refractivity contribution in [2.24, 2.45) is 0 Å². The third-order valence-corrected chi connectivity index (χ3v) is 4.96. The molecule has 4 rings (SSSR count). The Balaban J connectivity index is 1.47. The highest BCUT2D eigenvalue weighted by molar-refractivity contribution is 6.09. The van der Waals surface area contributed by atoms with Gasteiger partial charge >= 0.3 is 0 Å². The van der Waals surface area contributed by atoms with E-state index in [2.05, 4.69) is 15.6 Å². The number of aromatic nitrogens is 1. The van der Waals surface area contributed by atoms with E-state index >= 15 is 0 Å². The molecule has 0 bridgehead atoms.